The summed E-state index contributed by atoms with van der Waals surface area (Å²) >= 11 is 5.96. The van der Waals surface area contributed by atoms with E-state index in [2.05, 4.69) is 15.3 Å². The van der Waals surface area contributed by atoms with Crippen molar-refractivity contribution in [3.63, 3.8) is 0 Å². The Morgan fingerprint density at radius 1 is 1.27 bits per heavy atom. The van der Waals surface area contributed by atoms with Crippen LogP contribution in [0.3, 0.4) is 0 Å². The zero-order valence-electron chi connectivity index (χ0n) is 17.4. The first-order valence-corrected chi connectivity index (χ1v) is 10.5. The van der Waals surface area contributed by atoms with Crippen LogP contribution in [0.5, 0.6) is 0 Å². The van der Waals surface area contributed by atoms with Crippen molar-refractivity contribution in [2.75, 3.05) is 33.4 Å². The number of hydrogen-bond donors (Lipinski definition) is 1. The van der Waals surface area contributed by atoms with Crippen molar-refractivity contribution in [1.82, 2.24) is 25.0 Å². The number of urea groups is 1. The van der Waals surface area contributed by atoms with Crippen LogP contribution in [0.15, 0.2) is 29.4 Å². The fourth-order valence-corrected chi connectivity index (χ4v) is 4.37. The van der Waals surface area contributed by atoms with E-state index in [9.17, 15) is 9.59 Å². The average molecular weight is 435 g/mol. The minimum absolute atomic E-state index is 0.201. The van der Waals surface area contributed by atoms with Gasteiger partial charge in [-0.2, -0.15) is 5.10 Å². The quantitative estimate of drug-likeness (QED) is 0.681. The van der Waals surface area contributed by atoms with Gasteiger partial charge < -0.3 is 9.64 Å². The molecule has 1 aromatic carbocycles. The van der Waals surface area contributed by atoms with Gasteiger partial charge in [0.2, 0.25) is 0 Å². The fraction of sp³-hybridized carbons (Fsp3) is 0.550. The highest BCUT2D eigenvalue weighted by molar-refractivity contribution is 6.30. The number of carbonyl (C=O) groups excluding carboxylic acids is 2. The first kappa shape index (κ1) is 21.0. The lowest BCUT2D eigenvalue weighted by Gasteiger charge is -2.42. The van der Waals surface area contributed by atoms with Gasteiger partial charge in [-0.25, -0.2) is 9.69 Å². The number of nitrogens with one attached hydrogen (secondary N) is 1. The highest BCUT2D eigenvalue weighted by atomic mass is 35.5. The van der Waals surface area contributed by atoms with E-state index in [4.69, 9.17) is 16.3 Å². The number of halogens is 1. The summed E-state index contributed by atoms with van der Waals surface area (Å²) in [6.45, 7) is 6.45. The smallest absolute Gasteiger partial charge is 0.328 e. The summed E-state index contributed by atoms with van der Waals surface area (Å²) in [6.07, 6.45) is -0.675. The third kappa shape index (κ3) is 3.78. The lowest BCUT2D eigenvalue weighted by Crippen LogP contribution is -2.66. The SMILES string of the molecule is CCOCCN1N=C(C)CN2C3C(=O)N(Cc4ccc(Cl)cc4)C(=O)N(C)C3NC12. The van der Waals surface area contributed by atoms with Crippen LogP contribution in [0.25, 0.3) is 0 Å². The van der Waals surface area contributed by atoms with Crippen molar-refractivity contribution in [2.24, 2.45) is 5.10 Å². The Balaban J connectivity index is 1.57. The Kier molecular flexibility index (Phi) is 5.97. The lowest BCUT2D eigenvalue weighted by molar-refractivity contribution is -0.139. The number of benzene rings is 1. The molecule has 3 atom stereocenters. The van der Waals surface area contributed by atoms with E-state index < -0.39 is 12.2 Å². The van der Waals surface area contributed by atoms with E-state index in [-0.39, 0.29) is 24.8 Å². The molecule has 9 nitrogen and oxygen atoms in total. The maximum Gasteiger partial charge on any atom is 0.328 e. The second-order valence-electron chi connectivity index (χ2n) is 7.74. The zero-order valence-corrected chi connectivity index (χ0v) is 18.2. The molecule has 2 saturated heterocycles. The zero-order chi connectivity index (χ0) is 21.4. The van der Waals surface area contributed by atoms with E-state index in [1.54, 1.807) is 24.1 Å². The molecule has 4 rings (SSSR count). The number of carbonyl (C=O) groups is 2. The third-order valence-electron chi connectivity index (χ3n) is 5.67. The minimum Gasteiger partial charge on any atom is -0.380 e. The molecule has 1 aromatic rings. The second kappa shape index (κ2) is 8.50. The van der Waals surface area contributed by atoms with Crippen LogP contribution in [0.1, 0.15) is 19.4 Å². The van der Waals surface area contributed by atoms with Crippen molar-refractivity contribution in [3.05, 3.63) is 34.9 Å². The van der Waals surface area contributed by atoms with Gasteiger partial charge in [-0.15, -0.1) is 0 Å². The Hall–Kier alpha value is -2.20. The molecule has 10 heteroatoms. The highest BCUT2D eigenvalue weighted by Gasteiger charge is 2.56. The predicted molar refractivity (Wildman–Crippen MR) is 113 cm³/mol. The fourth-order valence-electron chi connectivity index (χ4n) is 4.24. The van der Waals surface area contributed by atoms with Gasteiger partial charge in [0.05, 0.1) is 19.7 Å². The number of imide groups is 1. The Morgan fingerprint density at radius 2 is 2.00 bits per heavy atom. The molecule has 0 bridgehead atoms. The summed E-state index contributed by atoms with van der Waals surface area (Å²) in [6, 6.07) is 6.38. The van der Waals surface area contributed by atoms with Crippen LogP contribution < -0.4 is 5.32 Å². The lowest BCUT2D eigenvalue weighted by atomic mass is 10.1. The van der Waals surface area contributed by atoms with Crippen molar-refractivity contribution in [2.45, 2.75) is 38.9 Å². The van der Waals surface area contributed by atoms with Crippen LogP contribution in [0.4, 0.5) is 4.79 Å². The molecular weight excluding hydrogens is 408 g/mol. The molecule has 3 heterocycles. The molecule has 3 aliphatic rings. The number of rotatable bonds is 6. The van der Waals surface area contributed by atoms with Crippen LogP contribution >= 0.6 is 11.6 Å². The van der Waals surface area contributed by atoms with Crippen molar-refractivity contribution < 1.29 is 14.3 Å². The number of fused-ring (bicyclic) bond motifs is 3. The van der Waals surface area contributed by atoms with Gasteiger partial charge in [-0.3, -0.25) is 20.0 Å². The molecule has 3 aliphatic heterocycles. The number of hydrogen-bond acceptors (Lipinski definition) is 7. The van der Waals surface area contributed by atoms with Crippen LogP contribution in [-0.2, 0) is 16.1 Å². The number of likely N-dealkylation sites (N-methyl/N-ethyl adjacent to an activating group) is 1. The molecule has 3 unspecified atom stereocenters. The molecule has 0 aromatic heterocycles. The largest absolute Gasteiger partial charge is 0.380 e. The molecule has 0 spiro atoms. The monoisotopic (exact) mass is 434 g/mol. The van der Waals surface area contributed by atoms with Crippen molar-refractivity contribution in [1.29, 1.82) is 0 Å². The van der Waals surface area contributed by atoms with Crippen LogP contribution in [0, 0.1) is 0 Å². The summed E-state index contributed by atoms with van der Waals surface area (Å²) in [5.41, 5.74) is 1.77. The highest BCUT2D eigenvalue weighted by Crippen LogP contribution is 2.30. The normalized spacial score (nSPS) is 26.7. The summed E-state index contributed by atoms with van der Waals surface area (Å²) in [4.78, 5) is 31.5. The van der Waals surface area contributed by atoms with Gasteiger partial charge in [-0.05, 0) is 31.5 Å². The number of amides is 3. The second-order valence-corrected chi connectivity index (χ2v) is 8.18. The van der Waals surface area contributed by atoms with Gasteiger partial charge in [0.1, 0.15) is 12.2 Å². The maximum atomic E-state index is 13.5. The Bertz CT molecular complexity index is 847. The molecule has 0 aliphatic carbocycles. The van der Waals surface area contributed by atoms with Gasteiger partial charge in [0.25, 0.3) is 5.91 Å². The van der Waals surface area contributed by atoms with E-state index in [0.29, 0.717) is 31.3 Å². The molecule has 0 radical (unpaired) electrons. The van der Waals surface area contributed by atoms with E-state index in [1.807, 2.05) is 31.0 Å². The molecular formula is C20H27ClN6O3. The number of ether oxygens (including phenoxy) is 1. The summed E-state index contributed by atoms with van der Waals surface area (Å²) < 4.78 is 5.48. The Morgan fingerprint density at radius 3 is 2.70 bits per heavy atom. The number of hydrazone groups is 1. The predicted octanol–water partition coefficient (Wildman–Crippen LogP) is 1.35. The van der Waals surface area contributed by atoms with Gasteiger partial charge in [0.15, 0.2) is 6.29 Å². The topological polar surface area (TPSA) is 80.7 Å². The minimum atomic E-state index is -0.481. The molecule has 0 saturated carbocycles. The number of nitrogens with zero attached hydrogens (tertiary/aromatic N) is 5. The van der Waals surface area contributed by atoms with Gasteiger partial charge in [0, 0.05) is 30.9 Å². The molecule has 162 valence electrons. The molecule has 30 heavy (non-hydrogen) atoms. The standard InChI is InChI=1S/C20H27ClN6O3/c1-4-30-10-9-27-19-22-17-16(25(19)11-13(2)23-27)18(28)26(20(29)24(17)3)12-14-5-7-15(21)8-6-14/h5-8,16-17,19,22H,4,9-12H2,1-3H3. The molecule has 1 N–H and O–H groups in total. The molecule has 3 amide bonds. The van der Waals surface area contributed by atoms with E-state index in [1.165, 1.54) is 4.90 Å². The van der Waals surface area contributed by atoms with Crippen LogP contribution in [0.2, 0.25) is 5.02 Å². The van der Waals surface area contributed by atoms with Crippen molar-refractivity contribution >= 4 is 29.3 Å². The van der Waals surface area contributed by atoms with Crippen molar-refractivity contribution in [3.8, 4) is 0 Å². The summed E-state index contributed by atoms with van der Waals surface area (Å²) in [5.74, 6) is -0.201. The van der Waals surface area contributed by atoms with Crippen LogP contribution in [-0.4, -0.2) is 89.2 Å². The first-order chi connectivity index (χ1) is 14.4. The maximum absolute atomic E-state index is 13.5. The summed E-state index contributed by atoms with van der Waals surface area (Å²) in [5, 5.41) is 10.6. The van der Waals surface area contributed by atoms with Gasteiger partial charge in [-0.1, -0.05) is 23.7 Å². The third-order valence-corrected chi connectivity index (χ3v) is 5.93. The molecule has 2 fully saturated rings. The average Bonchev–Trinajstić information content (AvgIpc) is 3.11. The summed E-state index contributed by atoms with van der Waals surface area (Å²) in [7, 11) is 1.73. The van der Waals surface area contributed by atoms with Gasteiger partial charge >= 0.3 is 6.03 Å². The Labute approximate surface area is 181 Å². The van der Waals surface area contributed by atoms with E-state index in [0.717, 1.165) is 11.3 Å². The van der Waals surface area contributed by atoms with E-state index >= 15 is 0 Å². The first-order valence-electron chi connectivity index (χ1n) is 10.1.